The van der Waals surface area contributed by atoms with Gasteiger partial charge in [0.15, 0.2) is 6.10 Å². The Morgan fingerprint density at radius 1 is 1.31 bits per heavy atom. The van der Waals surface area contributed by atoms with Gasteiger partial charge in [-0.3, -0.25) is 0 Å². The smallest absolute Gasteiger partial charge is 0.334 e. The summed E-state index contributed by atoms with van der Waals surface area (Å²) in [4.78, 5) is 10.4. The molecule has 0 fully saturated rings. The van der Waals surface area contributed by atoms with Crippen LogP contribution in [0.4, 0.5) is 0 Å². The highest BCUT2D eigenvalue weighted by Crippen LogP contribution is 2.23. The van der Waals surface area contributed by atoms with Crippen LogP contribution in [0.25, 0.3) is 0 Å². The predicted molar refractivity (Wildman–Crippen MR) is 51.8 cm³/mol. The van der Waals surface area contributed by atoms with Crippen LogP contribution in [0.2, 0.25) is 0 Å². The molecule has 0 heterocycles. The molecule has 1 rings (SSSR count). The predicted octanol–water partition coefficient (Wildman–Crippen LogP) is 1.10. The average Bonchev–Trinajstić information content (AvgIpc) is 2.17. The van der Waals surface area contributed by atoms with E-state index in [0.717, 1.165) is 0 Å². The molecule has 2 atom stereocenters. The maximum absolute atomic E-state index is 10.4. The van der Waals surface area contributed by atoms with Crippen molar-refractivity contribution in [2.75, 3.05) is 0 Å². The minimum atomic E-state index is -1.47. The van der Waals surface area contributed by atoms with Crippen molar-refractivity contribution >= 4 is 18.6 Å². The number of rotatable bonds is 3. The minimum absolute atomic E-state index is 0.682. The lowest BCUT2D eigenvalue weighted by molar-refractivity contribution is -0.146. The van der Waals surface area contributed by atoms with Crippen LogP contribution in [0.3, 0.4) is 0 Å². The zero-order chi connectivity index (χ0) is 9.84. The van der Waals surface area contributed by atoms with Crippen LogP contribution in [-0.4, -0.2) is 22.3 Å². The van der Waals surface area contributed by atoms with Gasteiger partial charge >= 0.3 is 5.97 Å². The number of benzene rings is 1. The second kappa shape index (κ2) is 4.30. The third-order valence-electron chi connectivity index (χ3n) is 1.69. The van der Waals surface area contributed by atoms with Crippen LogP contribution in [-0.2, 0) is 4.79 Å². The molecule has 1 aromatic carbocycles. The van der Waals surface area contributed by atoms with Crippen LogP contribution in [0.15, 0.2) is 30.3 Å². The summed E-state index contributed by atoms with van der Waals surface area (Å²) in [7, 11) is 0. The molecule has 13 heavy (non-hydrogen) atoms. The fraction of sp³-hybridized carbons (Fsp3) is 0.222. The molecule has 0 saturated heterocycles. The number of hydrogen-bond acceptors (Lipinski definition) is 3. The van der Waals surface area contributed by atoms with Crippen molar-refractivity contribution in [3.05, 3.63) is 35.9 Å². The topological polar surface area (TPSA) is 57.5 Å². The molecule has 0 spiro atoms. The van der Waals surface area contributed by atoms with Crippen molar-refractivity contribution in [1.29, 1.82) is 0 Å². The number of aliphatic hydroxyl groups excluding tert-OH is 1. The van der Waals surface area contributed by atoms with Gasteiger partial charge in [-0.1, -0.05) is 30.3 Å². The van der Waals surface area contributed by atoms with E-state index in [9.17, 15) is 9.90 Å². The van der Waals surface area contributed by atoms with E-state index in [1.807, 2.05) is 6.07 Å². The molecule has 4 heteroatoms. The van der Waals surface area contributed by atoms with Gasteiger partial charge in [0.2, 0.25) is 0 Å². The van der Waals surface area contributed by atoms with Crippen LogP contribution < -0.4 is 0 Å². The molecule has 1 aromatic rings. The molecular formula is C9H10O3S. The highest BCUT2D eigenvalue weighted by molar-refractivity contribution is 7.80. The lowest BCUT2D eigenvalue weighted by atomic mass is 10.1. The van der Waals surface area contributed by atoms with E-state index in [2.05, 4.69) is 12.6 Å². The van der Waals surface area contributed by atoms with E-state index in [1.165, 1.54) is 0 Å². The van der Waals surface area contributed by atoms with Gasteiger partial charge in [-0.25, -0.2) is 4.79 Å². The lowest BCUT2D eigenvalue weighted by Gasteiger charge is -2.13. The Kier molecular flexibility index (Phi) is 3.33. The average molecular weight is 198 g/mol. The number of aliphatic hydroxyl groups is 1. The third kappa shape index (κ3) is 2.47. The van der Waals surface area contributed by atoms with Crippen molar-refractivity contribution in [2.45, 2.75) is 11.4 Å². The van der Waals surface area contributed by atoms with Crippen LogP contribution >= 0.6 is 12.6 Å². The molecule has 0 aliphatic carbocycles. The molecule has 0 saturated carbocycles. The largest absolute Gasteiger partial charge is 0.479 e. The van der Waals surface area contributed by atoms with Crippen LogP contribution in [0, 0.1) is 0 Å². The second-order valence-electron chi connectivity index (χ2n) is 2.64. The Hall–Kier alpha value is -1.00. The van der Waals surface area contributed by atoms with E-state index < -0.39 is 17.3 Å². The third-order valence-corrected chi connectivity index (χ3v) is 2.27. The van der Waals surface area contributed by atoms with Gasteiger partial charge in [-0.2, -0.15) is 12.6 Å². The summed E-state index contributed by atoms with van der Waals surface area (Å²) in [6.45, 7) is 0. The monoisotopic (exact) mass is 198 g/mol. The van der Waals surface area contributed by atoms with E-state index in [-0.39, 0.29) is 0 Å². The number of hydrogen-bond donors (Lipinski definition) is 3. The van der Waals surface area contributed by atoms with Gasteiger partial charge in [-0.15, -0.1) is 0 Å². The number of carboxylic acid groups (broad SMARTS) is 1. The zero-order valence-corrected chi connectivity index (χ0v) is 7.69. The molecule has 0 aliphatic heterocycles. The first-order valence-corrected chi connectivity index (χ1v) is 4.28. The Labute approximate surface area is 81.4 Å². The molecule has 0 aliphatic rings. The Morgan fingerprint density at radius 2 is 1.85 bits per heavy atom. The van der Waals surface area contributed by atoms with Crippen molar-refractivity contribution in [1.82, 2.24) is 0 Å². The molecule has 0 unspecified atom stereocenters. The second-order valence-corrected chi connectivity index (χ2v) is 3.19. The summed E-state index contributed by atoms with van der Waals surface area (Å²) in [5, 5.41) is 17.0. The van der Waals surface area contributed by atoms with Gasteiger partial charge in [0.1, 0.15) is 0 Å². The van der Waals surface area contributed by atoms with Crippen molar-refractivity contribution in [2.24, 2.45) is 0 Å². The number of carboxylic acids is 1. The molecule has 0 amide bonds. The normalized spacial score (nSPS) is 14.9. The van der Waals surface area contributed by atoms with Crippen LogP contribution in [0.1, 0.15) is 10.8 Å². The minimum Gasteiger partial charge on any atom is -0.479 e. The fourth-order valence-corrected chi connectivity index (χ4v) is 1.27. The number of thiol groups is 1. The van der Waals surface area contributed by atoms with Crippen molar-refractivity contribution < 1.29 is 15.0 Å². The Bertz CT molecular complexity index is 286. The summed E-state index contributed by atoms with van der Waals surface area (Å²) in [6.07, 6.45) is -1.47. The maximum Gasteiger partial charge on any atom is 0.334 e. The van der Waals surface area contributed by atoms with Gasteiger partial charge in [0.05, 0.1) is 5.25 Å². The Morgan fingerprint density at radius 3 is 2.31 bits per heavy atom. The molecule has 2 N–H and O–H groups in total. The van der Waals surface area contributed by atoms with Crippen molar-refractivity contribution in [3.63, 3.8) is 0 Å². The zero-order valence-electron chi connectivity index (χ0n) is 6.79. The molecule has 0 bridgehead atoms. The summed E-state index contributed by atoms with van der Waals surface area (Å²) in [5.41, 5.74) is 0.695. The molecule has 70 valence electrons. The number of carbonyl (C=O) groups is 1. The van der Waals surface area contributed by atoms with Gasteiger partial charge in [0, 0.05) is 0 Å². The van der Waals surface area contributed by atoms with E-state index in [1.54, 1.807) is 24.3 Å². The first-order chi connectivity index (χ1) is 6.13. The summed E-state index contributed by atoms with van der Waals surface area (Å²) in [5.74, 6) is -1.26. The number of aliphatic carboxylic acids is 1. The van der Waals surface area contributed by atoms with Gasteiger partial charge in [-0.05, 0) is 5.56 Å². The van der Waals surface area contributed by atoms with E-state index in [4.69, 9.17) is 5.11 Å². The Balaban J connectivity index is 2.79. The first-order valence-electron chi connectivity index (χ1n) is 3.77. The van der Waals surface area contributed by atoms with E-state index >= 15 is 0 Å². The lowest BCUT2D eigenvalue weighted by Crippen LogP contribution is -2.24. The molecule has 3 nitrogen and oxygen atoms in total. The summed E-state index contributed by atoms with van der Waals surface area (Å²) in [6, 6.07) is 8.81. The molecule has 0 aromatic heterocycles. The van der Waals surface area contributed by atoms with Gasteiger partial charge in [0.25, 0.3) is 0 Å². The fourth-order valence-electron chi connectivity index (χ4n) is 0.968. The van der Waals surface area contributed by atoms with Gasteiger partial charge < -0.3 is 10.2 Å². The standard InChI is InChI=1S/C9H10O3S/c10-7(9(11)12)8(13)6-4-2-1-3-5-6/h1-5,7-8,10,13H,(H,11,12)/t7-,8-/m1/s1. The van der Waals surface area contributed by atoms with Crippen molar-refractivity contribution in [3.8, 4) is 0 Å². The maximum atomic E-state index is 10.4. The quantitative estimate of drug-likeness (QED) is 0.637. The molecule has 0 radical (unpaired) electrons. The first kappa shape index (κ1) is 10.1. The summed E-state index contributed by atoms with van der Waals surface area (Å²) < 4.78 is 0. The highest BCUT2D eigenvalue weighted by Gasteiger charge is 2.23. The van der Waals surface area contributed by atoms with E-state index in [0.29, 0.717) is 5.56 Å². The molecular weight excluding hydrogens is 188 g/mol. The van der Waals surface area contributed by atoms with Crippen LogP contribution in [0.5, 0.6) is 0 Å². The SMILES string of the molecule is O=C(O)[C@H](O)[C@H](S)c1ccccc1. The summed E-state index contributed by atoms with van der Waals surface area (Å²) >= 11 is 4.02. The highest BCUT2D eigenvalue weighted by atomic mass is 32.1.